The van der Waals surface area contributed by atoms with Gasteiger partial charge in [-0.3, -0.25) is 0 Å². The largest absolute Gasteiger partial charge is 0.385 e. The highest BCUT2D eigenvalue weighted by Gasteiger charge is 2.17. The molecule has 0 saturated heterocycles. The van der Waals surface area contributed by atoms with Gasteiger partial charge in [-0.2, -0.15) is 5.10 Å². The van der Waals surface area contributed by atoms with Gasteiger partial charge in [-0.1, -0.05) is 29.8 Å². The number of benzene rings is 2. The van der Waals surface area contributed by atoms with Crippen LogP contribution in [0.25, 0.3) is 5.69 Å². The molecule has 11 heteroatoms. The van der Waals surface area contributed by atoms with E-state index in [1.807, 2.05) is 24.3 Å². The molecule has 0 aliphatic carbocycles. The zero-order valence-electron chi connectivity index (χ0n) is 16.4. The van der Waals surface area contributed by atoms with Gasteiger partial charge < -0.3 is 10.6 Å². The van der Waals surface area contributed by atoms with E-state index in [4.69, 9.17) is 16.7 Å². The Bertz CT molecular complexity index is 1140. The number of rotatable bonds is 10. The number of hydrogen-bond acceptors (Lipinski definition) is 5. The Kier molecular flexibility index (Phi) is 7.60. The third-order valence-electron chi connectivity index (χ3n) is 4.46. The van der Waals surface area contributed by atoms with Gasteiger partial charge in [0.05, 0.1) is 18.4 Å². The quantitative estimate of drug-likeness (QED) is 0.423. The lowest BCUT2D eigenvalue weighted by Gasteiger charge is -2.12. The number of nitrogens with zero attached hydrogens (tertiary/aromatic N) is 2. The molecule has 0 aliphatic rings. The van der Waals surface area contributed by atoms with E-state index in [1.54, 1.807) is 18.3 Å². The summed E-state index contributed by atoms with van der Waals surface area (Å²) in [4.78, 5) is -0.106. The minimum Gasteiger partial charge on any atom is -0.385 e. The van der Waals surface area contributed by atoms with Crippen molar-refractivity contribution < 1.29 is 17.2 Å². The van der Waals surface area contributed by atoms with E-state index >= 15 is 0 Å². The van der Waals surface area contributed by atoms with E-state index in [2.05, 4.69) is 15.7 Å². The van der Waals surface area contributed by atoms with Crippen LogP contribution in [-0.4, -0.2) is 37.7 Å². The van der Waals surface area contributed by atoms with Crippen molar-refractivity contribution in [3.8, 4) is 5.69 Å². The molecule has 3 aromatic rings. The summed E-state index contributed by atoms with van der Waals surface area (Å²) in [7, 11) is -4.04. The van der Waals surface area contributed by atoms with Crippen LogP contribution < -0.4 is 15.8 Å². The van der Waals surface area contributed by atoms with Crippen molar-refractivity contribution in [2.45, 2.75) is 24.3 Å². The Labute approximate surface area is 184 Å². The molecule has 0 atom stereocenters. The lowest BCUT2D eigenvalue weighted by molar-refractivity contribution is 0.145. The Morgan fingerprint density at radius 1 is 1.19 bits per heavy atom. The van der Waals surface area contributed by atoms with Crippen molar-refractivity contribution in [1.29, 1.82) is 0 Å². The lowest BCUT2D eigenvalue weighted by Crippen LogP contribution is -2.20. The van der Waals surface area contributed by atoms with Gasteiger partial charge in [-0.15, -0.1) is 0 Å². The highest BCUT2D eigenvalue weighted by Crippen LogP contribution is 2.24. The third-order valence-corrected chi connectivity index (χ3v) is 5.77. The zero-order valence-corrected chi connectivity index (χ0v) is 18.0. The molecule has 0 saturated carbocycles. The molecule has 0 fully saturated rings. The molecule has 2 aromatic carbocycles. The molecule has 1 heterocycles. The number of nitrogens with one attached hydrogen (secondary N) is 2. The summed E-state index contributed by atoms with van der Waals surface area (Å²) in [5.74, 6) is 0. The highest BCUT2D eigenvalue weighted by molar-refractivity contribution is 7.89. The fourth-order valence-electron chi connectivity index (χ4n) is 2.99. The summed E-state index contributed by atoms with van der Waals surface area (Å²) in [6.45, 7) is 0.272. The van der Waals surface area contributed by atoms with Gasteiger partial charge in [0.25, 0.3) is 6.43 Å². The minimum atomic E-state index is -4.04. The van der Waals surface area contributed by atoms with Gasteiger partial charge in [0.1, 0.15) is 4.90 Å². The van der Waals surface area contributed by atoms with Crippen LogP contribution in [0.3, 0.4) is 0 Å². The molecule has 7 nitrogen and oxygen atoms in total. The fourth-order valence-corrected chi connectivity index (χ4v) is 3.97. The number of halogens is 3. The van der Waals surface area contributed by atoms with Gasteiger partial charge in [0.2, 0.25) is 10.0 Å². The first-order valence-corrected chi connectivity index (χ1v) is 11.3. The maximum absolute atomic E-state index is 12.3. The van der Waals surface area contributed by atoms with E-state index in [9.17, 15) is 17.2 Å². The molecule has 0 bridgehead atoms. The smallest absolute Gasteiger partial charge is 0.250 e. The molecule has 3 rings (SSSR count). The van der Waals surface area contributed by atoms with Crippen LogP contribution in [0.4, 0.5) is 14.5 Å². The van der Waals surface area contributed by atoms with Crippen LogP contribution >= 0.6 is 11.6 Å². The molecular weight excluding hydrogens is 448 g/mol. The summed E-state index contributed by atoms with van der Waals surface area (Å²) >= 11 is 6.15. The Morgan fingerprint density at radius 2 is 1.97 bits per heavy atom. The second-order valence-corrected chi connectivity index (χ2v) is 8.75. The van der Waals surface area contributed by atoms with Crippen molar-refractivity contribution in [2.24, 2.45) is 5.14 Å². The van der Waals surface area contributed by atoms with Crippen LogP contribution in [0.1, 0.15) is 11.1 Å². The lowest BCUT2D eigenvalue weighted by atomic mass is 10.1. The molecule has 0 radical (unpaired) electrons. The van der Waals surface area contributed by atoms with Crippen LogP contribution in [0.5, 0.6) is 0 Å². The summed E-state index contributed by atoms with van der Waals surface area (Å²) in [6, 6.07) is 12.2. The predicted octanol–water partition coefficient (Wildman–Crippen LogP) is 3.18. The number of anilines is 1. The average molecular weight is 470 g/mol. The number of nitrogens with two attached hydrogens (primary N) is 1. The third kappa shape index (κ3) is 6.47. The van der Waals surface area contributed by atoms with E-state index in [-0.39, 0.29) is 17.1 Å². The fraction of sp³-hybridized carbons (Fsp3) is 0.250. The first-order valence-electron chi connectivity index (χ1n) is 9.41. The van der Waals surface area contributed by atoms with E-state index in [0.29, 0.717) is 29.2 Å². The van der Waals surface area contributed by atoms with E-state index in [0.717, 1.165) is 5.56 Å². The molecule has 0 unspecified atom stereocenters. The number of hydrogen-bond donors (Lipinski definition) is 3. The van der Waals surface area contributed by atoms with Gasteiger partial charge in [-0.25, -0.2) is 27.0 Å². The van der Waals surface area contributed by atoms with Crippen LogP contribution in [-0.2, 0) is 23.0 Å². The summed E-state index contributed by atoms with van der Waals surface area (Å²) in [6.07, 6.45) is 1.23. The van der Waals surface area contributed by atoms with Gasteiger partial charge in [0.15, 0.2) is 0 Å². The first-order chi connectivity index (χ1) is 14.7. The molecular formula is C20H22ClF2N5O2S. The summed E-state index contributed by atoms with van der Waals surface area (Å²) < 4.78 is 50.2. The predicted molar refractivity (Wildman–Crippen MR) is 116 cm³/mol. The SMILES string of the molecule is NS(=O)(=O)c1cc(NCCc2ccccc2Cl)ccc1-n1cc(CNCC(F)F)cn1. The molecule has 0 aliphatic heterocycles. The number of alkyl halides is 2. The Morgan fingerprint density at radius 3 is 2.68 bits per heavy atom. The second kappa shape index (κ2) is 10.2. The maximum Gasteiger partial charge on any atom is 0.250 e. The topological polar surface area (TPSA) is 102 Å². The maximum atomic E-state index is 12.3. The normalized spacial score (nSPS) is 11.8. The zero-order chi connectivity index (χ0) is 22.4. The number of aromatic nitrogens is 2. The Hall–Kier alpha value is -2.53. The van der Waals surface area contributed by atoms with Crippen LogP contribution in [0.2, 0.25) is 5.02 Å². The summed E-state index contributed by atoms with van der Waals surface area (Å²) in [5.41, 5.74) is 2.44. The van der Waals surface area contributed by atoms with E-state index in [1.165, 1.54) is 16.9 Å². The molecule has 166 valence electrons. The average Bonchev–Trinajstić information content (AvgIpc) is 3.17. The van der Waals surface area contributed by atoms with Crippen molar-refractivity contribution in [1.82, 2.24) is 15.1 Å². The molecule has 4 N–H and O–H groups in total. The van der Waals surface area contributed by atoms with Crippen LogP contribution in [0, 0.1) is 0 Å². The monoisotopic (exact) mass is 469 g/mol. The number of sulfonamides is 1. The first kappa shape index (κ1) is 23.1. The molecule has 31 heavy (non-hydrogen) atoms. The van der Waals surface area contributed by atoms with Gasteiger partial charge >= 0.3 is 0 Å². The van der Waals surface area contributed by atoms with E-state index < -0.39 is 23.0 Å². The standard InChI is InChI=1S/C20H22ClF2N5O2S/c21-17-4-2-1-3-15(17)7-8-26-16-5-6-18(19(9-16)31(24,29)30)28-13-14(11-27-28)10-25-12-20(22)23/h1-6,9,11,13,20,25-26H,7-8,10,12H2,(H2,24,29,30). The van der Waals surface area contributed by atoms with Gasteiger partial charge in [-0.05, 0) is 36.2 Å². The van der Waals surface area contributed by atoms with Crippen molar-refractivity contribution in [2.75, 3.05) is 18.4 Å². The molecule has 0 spiro atoms. The summed E-state index contributed by atoms with van der Waals surface area (Å²) in [5, 5.41) is 16.0. The molecule has 0 amide bonds. The van der Waals surface area contributed by atoms with Crippen molar-refractivity contribution >= 4 is 27.3 Å². The van der Waals surface area contributed by atoms with Gasteiger partial charge in [0, 0.05) is 35.6 Å². The Balaban J connectivity index is 1.75. The number of primary sulfonamides is 1. The minimum absolute atomic E-state index is 0.106. The highest BCUT2D eigenvalue weighted by atomic mass is 35.5. The van der Waals surface area contributed by atoms with Crippen molar-refractivity contribution in [3.05, 3.63) is 71.0 Å². The second-order valence-electron chi connectivity index (χ2n) is 6.81. The van der Waals surface area contributed by atoms with Crippen LogP contribution in [0.15, 0.2) is 59.8 Å². The molecule has 1 aromatic heterocycles. The van der Waals surface area contributed by atoms with Crippen molar-refractivity contribution in [3.63, 3.8) is 0 Å².